The van der Waals surface area contributed by atoms with Gasteiger partial charge in [0.1, 0.15) is 0 Å². The van der Waals surface area contributed by atoms with Crippen LogP contribution in [-0.2, 0) is 4.74 Å². The zero-order valence-electron chi connectivity index (χ0n) is 11.9. The first-order valence-electron chi connectivity index (χ1n) is 6.34. The lowest BCUT2D eigenvalue weighted by Gasteiger charge is -2.25. The summed E-state index contributed by atoms with van der Waals surface area (Å²) >= 11 is 6.23. The molecule has 0 radical (unpaired) electrons. The number of halogens is 1. The van der Waals surface area contributed by atoms with Gasteiger partial charge >= 0.3 is 5.97 Å². The Bertz CT molecular complexity index is 461. The maximum absolute atomic E-state index is 12.0. The smallest absolute Gasteiger partial charge is 0.340 e. The molecule has 0 bridgehead atoms. The molecule has 0 aromatic heterocycles. The molecule has 0 aliphatic heterocycles. The van der Waals surface area contributed by atoms with Gasteiger partial charge in [0.25, 0.3) is 0 Å². The molecule has 1 rings (SSSR count). The highest BCUT2D eigenvalue weighted by Crippen LogP contribution is 2.32. The molecule has 106 valence electrons. The number of anilines is 2. The predicted octanol–water partition coefficient (Wildman–Crippen LogP) is 3.19. The zero-order valence-corrected chi connectivity index (χ0v) is 12.6. The monoisotopic (exact) mass is 284 g/mol. The van der Waals surface area contributed by atoms with Gasteiger partial charge in [-0.3, -0.25) is 0 Å². The van der Waals surface area contributed by atoms with E-state index in [2.05, 4.69) is 13.8 Å². The van der Waals surface area contributed by atoms with E-state index in [1.54, 1.807) is 19.1 Å². The van der Waals surface area contributed by atoms with Gasteiger partial charge < -0.3 is 15.4 Å². The fraction of sp³-hybridized carbons (Fsp3) is 0.500. The van der Waals surface area contributed by atoms with Crippen LogP contribution in [-0.4, -0.2) is 26.2 Å². The first-order chi connectivity index (χ1) is 8.86. The van der Waals surface area contributed by atoms with Crippen molar-refractivity contribution in [3.05, 3.63) is 22.7 Å². The number of hydrogen-bond acceptors (Lipinski definition) is 4. The molecule has 2 N–H and O–H groups in total. The number of rotatable bonds is 5. The molecule has 1 aromatic rings. The second kappa shape index (κ2) is 6.66. The first kappa shape index (κ1) is 15.6. The molecule has 0 aliphatic rings. The van der Waals surface area contributed by atoms with E-state index in [0.29, 0.717) is 34.5 Å². The fourth-order valence-electron chi connectivity index (χ4n) is 2.01. The molecule has 19 heavy (non-hydrogen) atoms. The van der Waals surface area contributed by atoms with Crippen LogP contribution < -0.4 is 10.6 Å². The van der Waals surface area contributed by atoms with E-state index in [0.717, 1.165) is 6.54 Å². The van der Waals surface area contributed by atoms with E-state index in [-0.39, 0.29) is 0 Å². The van der Waals surface area contributed by atoms with Crippen molar-refractivity contribution in [2.75, 3.05) is 30.8 Å². The molecule has 0 amide bonds. The van der Waals surface area contributed by atoms with E-state index in [1.165, 1.54) is 0 Å². The first-order valence-corrected chi connectivity index (χ1v) is 6.71. The minimum Gasteiger partial charge on any atom is -0.462 e. The highest BCUT2D eigenvalue weighted by molar-refractivity contribution is 6.34. The fourth-order valence-corrected chi connectivity index (χ4v) is 2.38. The molecule has 0 spiro atoms. The number of nitrogens with zero attached hydrogens (tertiary/aromatic N) is 1. The lowest BCUT2D eigenvalue weighted by Crippen LogP contribution is -2.25. The van der Waals surface area contributed by atoms with E-state index in [1.807, 2.05) is 11.9 Å². The van der Waals surface area contributed by atoms with Crippen LogP contribution >= 0.6 is 11.6 Å². The van der Waals surface area contributed by atoms with Crippen LogP contribution in [0, 0.1) is 5.92 Å². The van der Waals surface area contributed by atoms with E-state index >= 15 is 0 Å². The van der Waals surface area contributed by atoms with Crippen molar-refractivity contribution in [3.63, 3.8) is 0 Å². The summed E-state index contributed by atoms with van der Waals surface area (Å²) in [4.78, 5) is 14.0. The molecular formula is C14H21ClN2O2. The van der Waals surface area contributed by atoms with Crippen LogP contribution in [0.2, 0.25) is 5.02 Å². The van der Waals surface area contributed by atoms with Gasteiger partial charge in [0, 0.05) is 19.3 Å². The maximum atomic E-state index is 12.0. The standard InChI is InChI=1S/C14H21ClN2O2/c1-5-19-14(18)11-6-10(16)7-12(15)13(11)17(4)8-9(2)3/h6-7,9H,5,8,16H2,1-4H3. The van der Waals surface area contributed by atoms with Crippen LogP contribution in [0.4, 0.5) is 11.4 Å². The summed E-state index contributed by atoms with van der Waals surface area (Å²) in [5.74, 6) is 0.0518. The molecule has 0 unspecified atom stereocenters. The van der Waals surface area contributed by atoms with E-state index in [9.17, 15) is 4.79 Å². The van der Waals surface area contributed by atoms with Crippen molar-refractivity contribution in [2.24, 2.45) is 5.92 Å². The van der Waals surface area contributed by atoms with Crippen LogP contribution in [0.3, 0.4) is 0 Å². The lowest BCUT2D eigenvalue weighted by atomic mass is 10.1. The second-order valence-corrected chi connectivity index (χ2v) is 5.30. The summed E-state index contributed by atoms with van der Waals surface area (Å²) < 4.78 is 5.05. The quantitative estimate of drug-likeness (QED) is 0.666. The van der Waals surface area contributed by atoms with Crippen molar-refractivity contribution in [1.82, 2.24) is 0 Å². The number of esters is 1. The van der Waals surface area contributed by atoms with Gasteiger partial charge in [-0.05, 0) is 25.0 Å². The number of carbonyl (C=O) groups is 1. The van der Waals surface area contributed by atoms with Crippen molar-refractivity contribution >= 4 is 28.9 Å². The largest absolute Gasteiger partial charge is 0.462 e. The molecule has 0 saturated carbocycles. The molecule has 0 saturated heterocycles. The van der Waals surface area contributed by atoms with Crippen LogP contribution in [0.1, 0.15) is 31.1 Å². The molecule has 0 heterocycles. The summed E-state index contributed by atoms with van der Waals surface area (Å²) in [7, 11) is 1.90. The normalized spacial score (nSPS) is 10.6. The average molecular weight is 285 g/mol. The highest BCUT2D eigenvalue weighted by atomic mass is 35.5. The van der Waals surface area contributed by atoms with E-state index in [4.69, 9.17) is 22.1 Å². The number of carbonyl (C=O) groups excluding carboxylic acids is 1. The van der Waals surface area contributed by atoms with Gasteiger partial charge in [0.2, 0.25) is 0 Å². The Kier molecular flexibility index (Phi) is 5.48. The van der Waals surface area contributed by atoms with Crippen molar-refractivity contribution < 1.29 is 9.53 Å². The SMILES string of the molecule is CCOC(=O)c1cc(N)cc(Cl)c1N(C)CC(C)C. The minimum atomic E-state index is -0.401. The second-order valence-electron chi connectivity index (χ2n) is 4.89. The number of nitrogens with two attached hydrogens (primary N) is 1. The molecule has 0 fully saturated rings. The Labute approximate surface area is 119 Å². The van der Waals surface area contributed by atoms with E-state index < -0.39 is 5.97 Å². The van der Waals surface area contributed by atoms with Crippen molar-refractivity contribution in [1.29, 1.82) is 0 Å². The molecule has 0 aliphatic carbocycles. The van der Waals surface area contributed by atoms with Crippen molar-refractivity contribution in [3.8, 4) is 0 Å². The summed E-state index contributed by atoms with van der Waals surface area (Å²) in [5.41, 5.74) is 7.29. The lowest BCUT2D eigenvalue weighted by molar-refractivity contribution is 0.0527. The molecule has 5 heteroatoms. The van der Waals surface area contributed by atoms with Gasteiger partial charge in [0.05, 0.1) is 22.9 Å². The van der Waals surface area contributed by atoms with Gasteiger partial charge in [0.15, 0.2) is 0 Å². The number of hydrogen-bond donors (Lipinski definition) is 1. The number of nitrogen functional groups attached to an aromatic ring is 1. The molecule has 0 atom stereocenters. The molecule has 4 nitrogen and oxygen atoms in total. The van der Waals surface area contributed by atoms with Crippen molar-refractivity contribution in [2.45, 2.75) is 20.8 Å². The zero-order chi connectivity index (χ0) is 14.6. The predicted molar refractivity (Wildman–Crippen MR) is 79.9 cm³/mol. The summed E-state index contributed by atoms with van der Waals surface area (Å²) in [6.45, 7) is 7.08. The number of benzene rings is 1. The summed E-state index contributed by atoms with van der Waals surface area (Å²) in [6, 6.07) is 3.26. The molecular weight excluding hydrogens is 264 g/mol. The van der Waals surface area contributed by atoms with Crippen LogP contribution in [0.15, 0.2) is 12.1 Å². The maximum Gasteiger partial charge on any atom is 0.340 e. The third kappa shape index (κ3) is 4.03. The Balaban J connectivity index is 3.23. The summed E-state index contributed by atoms with van der Waals surface area (Å²) in [6.07, 6.45) is 0. The average Bonchev–Trinajstić information content (AvgIpc) is 2.26. The Hall–Kier alpha value is -1.42. The van der Waals surface area contributed by atoms with Crippen LogP contribution in [0.25, 0.3) is 0 Å². The Morgan fingerprint density at radius 2 is 2.11 bits per heavy atom. The Morgan fingerprint density at radius 1 is 1.47 bits per heavy atom. The third-order valence-electron chi connectivity index (χ3n) is 2.60. The number of ether oxygens (including phenoxy) is 1. The Morgan fingerprint density at radius 3 is 2.63 bits per heavy atom. The van der Waals surface area contributed by atoms with Gasteiger partial charge in [-0.1, -0.05) is 25.4 Å². The van der Waals surface area contributed by atoms with Gasteiger partial charge in [-0.25, -0.2) is 4.79 Å². The summed E-state index contributed by atoms with van der Waals surface area (Å²) in [5, 5.41) is 0.464. The topological polar surface area (TPSA) is 55.6 Å². The minimum absolute atomic E-state index is 0.318. The highest BCUT2D eigenvalue weighted by Gasteiger charge is 2.20. The third-order valence-corrected chi connectivity index (χ3v) is 2.89. The van der Waals surface area contributed by atoms with Crippen LogP contribution in [0.5, 0.6) is 0 Å². The van der Waals surface area contributed by atoms with Gasteiger partial charge in [-0.15, -0.1) is 0 Å². The molecule has 1 aromatic carbocycles. The van der Waals surface area contributed by atoms with Gasteiger partial charge in [-0.2, -0.15) is 0 Å².